The van der Waals surface area contributed by atoms with Crippen molar-refractivity contribution in [1.82, 2.24) is 0 Å². The Morgan fingerprint density at radius 3 is 1.96 bits per heavy atom. The summed E-state index contributed by atoms with van der Waals surface area (Å²) in [6.07, 6.45) is -0.122. The molecule has 0 spiro atoms. The third kappa shape index (κ3) is 5.17. The lowest BCUT2D eigenvalue weighted by molar-refractivity contribution is -0.000293. The summed E-state index contributed by atoms with van der Waals surface area (Å²) in [5, 5.41) is 10.1. The molecule has 0 heterocycles. The second-order valence-corrected chi connectivity index (χ2v) is 7.22. The molecule has 2 nitrogen and oxygen atoms in total. The first-order chi connectivity index (χ1) is 13.6. The number of hydrogen-bond donors (Lipinski definition) is 1. The minimum Gasteiger partial charge on any atom is -0.465 e. The fourth-order valence-corrected chi connectivity index (χ4v) is 3.49. The molecule has 0 fully saturated rings. The third-order valence-corrected chi connectivity index (χ3v) is 4.79. The van der Waals surface area contributed by atoms with E-state index in [1.54, 1.807) is 6.92 Å². The fourth-order valence-electron chi connectivity index (χ4n) is 3.18. The highest BCUT2D eigenvalue weighted by molar-refractivity contribution is 6.30. The van der Waals surface area contributed by atoms with Gasteiger partial charge < -0.3 is 9.84 Å². The lowest BCUT2D eigenvalue weighted by Crippen LogP contribution is -2.09. The average Bonchev–Trinajstić information content (AvgIpc) is 2.70. The molecule has 0 aromatic heterocycles. The van der Waals surface area contributed by atoms with E-state index in [-0.39, 0.29) is 0 Å². The molecule has 1 N–H and O–H groups in total. The fraction of sp³-hybridized carbons (Fsp3) is 0.167. The van der Waals surface area contributed by atoms with Gasteiger partial charge >= 0.3 is 0 Å². The molecule has 28 heavy (non-hydrogen) atoms. The number of aliphatic hydroxyl groups excluding tert-OH is 1. The van der Waals surface area contributed by atoms with E-state index in [2.05, 4.69) is 12.1 Å². The summed E-state index contributed by atoms with van der Waals surface area (Å²) in [7, 11) is 0. The predicted octanol–water partition coefficient (Wildman–Crippen LogP) is 6.65. The number of alkyl halides is 1. The molecule has 1 atom stereocenters. The Morgan fingerprint density at radius 1 is 0.857 bits per heavy atom. The van der Waals surface area contributed by atoms with Crippen LogP contribution in [-0.4, -0.2) is 17.3 Å². The number of allylic oxidation sites excluding steroid dienone is 1. The second-order valence-electron chi connectivity index (χ2n) is 6.41. The van der Waals surface area contributed by atoms with E-state index in [0.717, 1.165) is 28.7 Å². The van der Waals surface area contributed by atoms with Gasteiger partial charge in [0.25, 0.3) is 0 Å². The Kier molecular flexibility index (Phi) is 7.16. The van der Waals surface area contributed by atoms with Gasteiger partial charge in [0.15, 0.2) is 6.29 Å². The van der Waals surface area contributed by atoms with E-state index < -0.39 is 6.29 Å². The maximum absolute atomic E-state index is 9.44. The number of rotatable bonds is 7. The molecule has 4 heteroatoms. The van der Waals surface area contributed by atoms with Gasteiger partial charge in [-0.05, 0) is 65.4 Å². The van der Waals surface area contributed by atoms with Crippen molar-refractivity contribution in [2.45, 2.75) is 19.6 Å². The third-order valence-electron chi connectivity index (χ3n) is 4.35. The zero-order valence-corrected chi connectivity index (χ0v) is 17.1. The molecule has 0 amide bonds. The molecule has 0 radical (unpaired) electrons. The molecule has 3 aromatic rings. The molecule has 3 aromatic carbocycles. The summed E-state index contributed by atoms with van der Waals surface area (Å²) >= 11 is 12.3. The summed E-state index contributed by atoms with van der Waals surface area (Å²) in [4.78, 5) is 0. The summed E-state index contributed by atoms with van der Waals surface area (Å²) in [6.45, 7) is 1.58. The molecule has 0 saturated carbocycles. The highest BCUT2D eigenvalue weighted by atomic mass is 35.5. The van der Waals surface area contributed by atoms with Gasteiger partial charge in [-0.1, -0.05) is 66.2 Å². The van der Waals surface area contributed by atoms with Crippen molar-refractivity contribution in [2.75, 3.05) is 5.88 Å². The maximum atomic E-state index is 9.44. The van der Waals surface area contributed by atoms with Crippen LogP contribution in [-0.2, 0) is 0 Å². The summed E-state index contributed by atoms with van der Waals surface area (Å²) in [5.74, 6) is 1.14. The van der Waals surface area contributed by atoms with E-state index in [1.165, 1.54) is 5.57 Å². The van der Waals surface area contributed by atoms with Crippen LogP contribution in [0.15, 0.2) is 78.9 Å². The number of benzene rings is 3. The van der Waals surface area contributed by atoms with E-state index in [4.69, 9.17) is 27.9 Å². The van der Waals surface area contributed by atoms with Crippen LogP contribution < -0.4 is 4.74 Å². The topological polar surface area (TPSA) is 29.5 Å². The predicted molar refractivity (Wildman–Crippen MR) is 118 cm³/mol. The van der Waals surface area contributed by atoms with Crippen molar-refractivity contribution < 1.29 is 9.84 Å². The molecule has 144 valence electrons. The molecule has 3 rings (SSSR count). The van der Waals surface area contributed by atoms with Crippen molar-refractivity contribution >= 4 is 34.3 Å². The van der Waals surface area contributed by atoms with Crippen LogP contribution in [0.2, 0.25) is 5.02 Å². The molecular formula is C24H22Cl2O2. The Morgan fingerprint density at radius 2 is 1.43 bits per heavy atom. The standard InChI is InChI=1S/C24H22Cl2O2/c1-17(27)28-22-13-9-20(10-14-22)24(19-7-11-21(26)12-8-19)23(15-16-25)18-5-3-2-4-6-18/h2-14,17,27H,15-16H2,1H3. The van der Waals surface area contributed by atoms with Crippen LogP contribution >= 0.6 is 23.2 Å². The van der Waals surface area contributed by atoms with Gasteiger partial charge in [-0.3, -0.25) is 0 Å². The van der Waals surface area contributed by atoms with E-state index >= 15 is 0 Å². The van der Waals surface area contributed by atoms with Crippen LogP contribution in [0.25, 0.3) is 11.1 Å². The molecule has 0 aliphatic carbocycles. The highest BCUT2D eigenvalue weighted by Crippen LogP contribution is 2.35. The van der Waals surface area contributed by atoms with Crippen molar-refractivity contribution in [2.24, 2.45) is 0 Å². The number of aliphatic hydroxyl groups is 1. The summed E-state index contributed by atoms with van der Waals surface area (Å²) in [5.41, 5.74) is 5.52. The van der Waals surface area contributed by atoms with Gasteiger partial charge in [0.1, 0.15) is 5.75 Å². The normalized spacial score (nSPS) is 13.0. The molecular weight excluding hydrogens is 391 g/mol. The Hall–Kier alpha value is -2.26. The molecule has 0 aliphatic rings. The Bertz CT molecular complexity index is 915. The zero-order chi connectivity index (χ0) is 19.9. The minimum atomic E-state index is -0.853. The van der Waals surface area contributed by atoms with Crippen LogP contribution in [0.3, 0.4) is 0 Å². The van der Waals surface area contributed by atoms with Gasteiger partial charge in [-0.25, -0.2) is 0 Å². The van der Waals surface area contributed by atoms with Crippen LogP contribution in [0.4, 0.5) is 0 Å². The van der Waals surface area contributed by atoms with Gasteiger partial charge in [0, 0.05) is 10.9 Å². The van der Waals surface area contributed by atoms with E-state index in [1.807, 2.05) is 66.7 Å². The molecule has 0 saturated heterocycles. The second kappa shape index (κ2) is 9.79. The first-order valence-corrected chi connectivity index (χ1v) is 10.1. The monoisotopic (exact) mass is 412 g/mol. The number of hydrogen-bond acceptors (Lipinski definition) is 2. The lowest BCUT2D eigenvalue weighted by Gasteiger charge is -2.17. The quantitative estimate of drug-likeness (QED) is 0.267. The van der Waals surface area contributed by atoms with Gasteiger partial charge in [0.2, 0.25) is 0 Å². The number of ether oxygens (including phenoxy) is 1. The number of halogens is 2. The average molecular weight is 413 g/mol. The summed E-state index contributed by atoms with van der Waals surface area (Å²) in [6, 6.07) is 25.8. The van der Waals surface area contributed by atoms with Crippen molar-refractivity contribution in [3.05, 3.63) is 101 Å². The molecule has 0 aliphatic heterocycles. The lowest BCUT2D eigenvalue weighted by atomic mass is 9.88. The minimum absolute atomic E-state index is 0.518. The van der Waals surface area contributed by atoms with Crippen LogP contribution in [0, 0.1) is 0 Å². The van der Waals surface area contributed by atoms with Gasteiger partial charge in [0.05, 0.1) is 0 Å². The molecule has 0 bridgehead atoms. The Labute approximate surface area is 176 Å². The molecule has 1 unspecified atom stereocenters. The first-order valence-electron chi connectivity index (χ1n) is 9.14. The maximum Gasteiger partial charge on any atom is 0.194 e. The first kappa shape index (κ1) is 20.5. The van der Waals surface area contributed by atoms with Gasteiger partial charge in [-0.2, -0.15) is 0 Å². The van der Waals surface area contributed by atoms with Crippen molar-refractivity contribution in [1.29, 1.82) is 0 Å². The van der Waals surface area contributed by atoms with Crippen molar-refractivity contribution in [3.8, 4) is 5.75 Å². The Balaban J connectivity index is 2.17. The largest absolute Gasteiger partial charge is 0.465 e. The van der Waals surface area contributed by atoms with Crippen LogP contribution in [0.1, 0.15) is 30.0 Å². The smallest absolute Gasteiger partial charge is 0.194 e. The van der Waals surface area contributed by atoms with Crippen LogP contribution in [0.5, 0.6) is 5.75 Å². The zero-order valence-electron chi connectivity index (χ0n) is 15.6. The SMILES string of the molecule is CC(O)Oc1ccc(C(=C(CCCl)c2ccccc2)c2ccc(Cl)cc2)cc1. The van der Waals surface area contributed by atoms with Crippen molar-refractivity contribution in [3.63, 3.8) is 0 Å². The summed E-state index contributed by atoms with van der Waals surface area (Å²) < 4.78 is 5.36. The van der Waals surface area contributed by atoms with Gasteiger partial charge in [-0.15, -0.1) is 11.6 Å². The van der Waals surface area contributed by atoms with E-state index in [0.29, 0.717) is 16.7 Å². The highest BCUT2D eigenvalue weighted by Gasteiger charge is 2.14. The van der Waals surface area contributed by atoms with E-state index in [9.17, 15) is 5.11 Å².